The number of benzene rings is 2. The zero-order valence-electron chi connectivity index (χ0n) is 16.2. The minimum Gasteiger partial charge on any atom is -0.493 e. The summed E-state index contributed by atoms with van der Waals surface area (Å²) in [5, 5.41) is 2.88. The first-order valence-electron chi connectivity index (χ1n) is 8.99. The van der Waals surface area contributed by atoms with Crippen molar-refractivity contribution in [1.29, 1.82) is 0 Å². The normalized spacial score (nSPS) is 15.4. The number of nitrogens with zero attached hydrogens (tertiary/aromatic N) is 2. The fourth-order valence-corrected chi connectivity index (χ4v) is 3.66. The van der Waals surface area contributed by atoms with E-state index in [9.17, 15) is 9.18 Å². The highest BCUT2D eigenvalue weighted by atomic mass is 19.1. The number of halogens is 1. The summed E-state index contributed by atoms with van der Waals surface area (Å²) in [6.45, 7) is 0. The first-order valence-corrected chi connectivity index (χ1v) is 8.99. The number of amides is 1. The van der Waals surface area contributed by atoms with Crippen LogP contribution in [-0.4, -0.2) is 36.8 Å². The van der Waals surface area contributed by atoms with Gasteiger partial charge in [-0.25, -0.2) is 9.37 Å². The van der Waals surface area contributed by atoms with Crippen molar-refractivity contribution in [2.45, 2.75) is 12.3 Å². The molecule has 3 aromatic rings. The molecule has 4 rings (SSSR count). The van der Waals surface area contributed by atoms with Crippen LogP contribution in [0, 0.1) is 5.82 Å². The molecule has 2 aromatic carbocycles. The lowest BCUT2D eigenvalue weighted by atomic mass is 9.88. The molecule has 0 spiro atoms. The van der Waals surface area contributed by atoms with Gasteiger partial charge in [-0.15, -0.1) is 0 Å². The Kier molecular flexibility index (Phi) is 4.84. The second-order valence-electron chi connectivity index (χ2n) is 6.55. The van der Waals surface area contributed by atoms with E-state index >= 15 is 0 Å². The van der Waals surface area contributed by atoms with Crippen molar-refractivity contribution in [1.82, 2.24) is 9.55 Å². The number of fused-ring (bicyclic) bond motifs is 1. The lowest BCUT2D eigenvalue weighted by molar-refractivity contribution is -0.116. The molecule has 1 aliphatic rings. The Morgan fingerprint density at radius 3 is 2.41 bits per heavy atom. The maximum atomic E-state index is 13.3. The molecule has 0 saturated carbocycles. The van der Waals surface area contributed by atoms with Gasteiger partial charge in [-0.3, -0.25) is 9.36 Å². The fraction of sp³-hybridized carbons (Fsp3) is 0.238. The van der Waals surface area contributed by atoms with Crippen LogP contribution in [0.2, 0.25) is 0 Å². The number of rotatable bonds is 5. The number of hydrogen-bond acceptors (Lipinski definition) is 5. The third kappa shape index (κ3) is 3.16. The molecular weight excluding hydrogens is 377 g/mol. The molecule has 0 bridgehead atoms. The van der Waals surface area contributed by atoms with Gasteiger partial charge in [0.25, 0.3) is 0 Å². The molecule has 8 heteroatoms. The second-order valence-corrected chi connectivity index (χ2v) is 6.55. The van der Waals surface area contributed by atoms with E-state index in [0.29, 0.717) is 34.4 Å². The number of imidazole rings is 1. The van der Waals surface area contributed by atoms with E-state index in [1.54, 1.807) is 43.3 Å². The molecule has 1 aliphatic heterocycles. The third-order valence-corrected chi connectivity index (χ3v) is 4.99. The molecular formula is C21H20FN3O4. The molecule has 7 nitrogen and oxygen atoms in total. The molecule has 1 aromatic heterocycles. The van der Waals surface area contributed by atoms with Crippen molar-refractivity contribution in [3.63, 3.8) is 0 Å². The van der Waals surface area contributed by atoms with E-state index in [-0.39, 0.29) is 24.1 Å². The number of anilines is 1. The van der Waals surface area contributed by atoms with E-state index in [1.165, 1.54) is 19.2 Å². The number of aromatic nitrogens is 2. The largest absolute Gasteiger partial charge is 0.493 e. The zero-order valence-corrected chi connectivity index (χ0v) is 16.2. The molecule has 1 N–H and O–H groups in total. The average molecular weight is 397 g/mol. The Morgan fingerprint density at radius 1 is 1.03 bits per heavy atom. The van der Waals surface area contributed by atoms with Gasteiger partial charge in [-0.1, -0.05) is 6.07 Å². The van der Waals surface area contributed by atoms with Gasteiger partial charge in [-0.2, -0.15) is 0 Å². The van der Waals surface area contributed by atoms with Crippen LogP contribution in [0.4, 0.5) is 10.2 Å². The second kappa shape index (κ2) is 7.46. The third-order valence-electron chi connectivity index (χ3n) is 4.99. The van der Waals surface area contributed by atoms with Crippen LogP contribution in [0.15, 0.2) is 42.7 Å². The molecule has 0 aliphatic carbocycles. The van der Waals surface area contributed by atoms with Crippen LogP contribution in [0.25, 0.3) is 5.69 Å². The van der Waals surface area contributed by atoms with E-state index in [4.69, 9.17) is 14.2 Å². The molecule has 1 atom stereocenters. The highest BCUT2D eigenvalue weighted by Gasteiger charge is 2.34. The van der Waals surface area contributed by atoms with Crippen molar-refractivity contribution in [3.05, 3.63) is 59.8 Å². The van der Waals surface area contributed by atoms with E-state index in [2.05, 4.69) is 10.3 Å². The van der Waals surface area contributed by atoms with E-state index < -0.39 is 0 Å². The Bertz CT molecular complexity index is 1060. The van der Waals surface area contributed by atoms with Crippen molar-refractivity contribution in [2.75, 3.05) is 26.6 Å². The number of methoxy groups -OCH3 is 3. The van der Waals surface area contributed by atoms with Crippen LogP contribution in [0.1, 0.15) is 23.6 Å². The fourth-order valence-electron chi connectivity index (χ4n) is 3.66. The van der Waals surface area contributed by atoms with Crippen molar-refractivity contribution >= 4 is 11.7 Å². The van der Waals surface area contributed by atoms with Crippen LogP contribution in [0.5, 0.6) is 17.2 Å². The predicted molar refractivity (Wildman–Crippen MR) is 105 cm³/mol. The van der Waals surface area contributed by atoms with Gasteiger partial charge < -0.3 is 19.5 Å². The van der Waals surface area contributed by atoms with Gasteiger partial charge in [0.15, 0.2) is 11.5 Å². The standard InChI is InChI=1S/C21H20FN3O4/c1-27-16-9-8-14(19(28-2)20(16)29-3)15-10-17(26)24-21-18(15)23-11-25(21)13-6-4-12(22)5-7-13/h4-9,11,15H,10H2,1-3H3,(H,24,26). The highest BCUT2D eigenvalue weighted by molar-refractivity contribution is 5.94. The van der Waals surface area contributed by atoms with Crippen LogP contribution >= 0.6 is 0 Å². The molecule has 2 heterocycles. The summed E-state index contributed by atoms with van der Waals surface area (Å²) in [6, 6.07) is 9.61. The molecule has 1 amide bonds. The number of nitrogens with one attached hydrogen (secondary N) is 1. The van der Waals surface area contributed by atoms with Gasteiger partial charge in [0.2, 0.25) is 11.7 Å². The first kappa shape index (κ1) is 18.8. The van der Waals surface area contributed by atoms with E-state index in [1.807, 2.05) is 6.07 Å². The number of ether oxygens (including phenoxy) is 3. The predicted octanol–water partition coefficient (Wildman–Crippen LogP) is 3.51. The number of carbonyl (C=O) groups is 1. The maximum Gasteiger partial charge on any atom is 0.226 e. The Morgan fingerprint density at radius 2 is 1.76 bits per heavy atom. The van der Waals surface area contributed by atoms with Crippen LogP contribution in [-0.2, 0) is 4.79 Å². The first-order chi connectivity index (χ1) is 14.1. The molecule has 0 fully saturated rings. The van der Waals surface area contributed by atoms with Gasteiger partial charge in [0.05, 0.1) is 27.0 Å². The Labute approximate surface area is 167 Å². The van der Waals surface area contributed by atoms with Crippen LogP contribution < -0.4 is 19.5 Å². The summed E-state index contributed by atoms with van der Waals surface area (Å²) in [5.74, 6) is 1.21. The summed E-state index contributed by atoms with van der Waals surface area (Å²) in [4.78, 5) is 17.1. The minimum atomic E-state index is -0.338. The van der Waals surface area contributed by atoms with Gasteiger partial charge in [0.1, 0.15) is 18.0 Å². The zero-order chi connectivity index (χ0) is 20.5. The molecule has 150 valence electrons. The molecule has 1 unspecified atom stereocenters. The summed E-state index contributed by atoms with van der Waals surface area (Å²) in [6.07, 6.45) is 1.82. The SMILES string of the molecule is COc1ccc(C2CC(=O)Nc3c2ncn3-c2ccc(F)cc2)c(OC)c1OC. The molecule has 29 heavy (non-hydrogen) atoms. The lowest BCUT2D eigenvalue weighted by Gasteiger charge is -2.25. The van der Waals surface area contributed by atoms with Gasteiger partial charge in [-0.05, 0) is 30.3 Å². The molecule has 0 saturated heterocycles. The quantitative estimate of drug-likeness (QED) is 0.713. The number of carbonyl (C=O) groups excluding carboxylic acids is 1. The Hall–Kier alpha value is -3.55. The minimum absolute atomic E-state index is 0.150. The lowest BCUT2D eigenvalue weighted by Crippen LogP contribution is -2.25. The summed E-state index contributed by atoms with van der Waals surface area (Å²) < 4.78 is 31.5. The topological polar surface area (TPSA) is 74.6 Å². The maximum absolute atomic E-state index is 13.3. The van der Waals surface area contributed by atoms with Gasteiger partial charge in [0, 0.05) is 23.6 Å². The molecule has 0 radical (unpaired) electrons. The van der Waals surface area contributed by atoms with Crippen molar-refractivity contribution < 1.29 is 23.4 Å². The number of hydrogen-bond donors (Lipinski definition) is 1. The average Bonchev–Trinajstić information content (AvgIpc) is 3.16. The van der Waals surface area contributed by atoms with Crippen molar-refractivity contribution in [3.8, 4) is 22.9 Å². The Balaban J connectivity index is 1.85. The van der Waals surface area contributed by atoms with E-state index in [0.717, 1.165) is 5.56 Å². The highest BCUT2D eigenvalue weighted by Crippen LogP contribution is 2.47. The van der Waals surface area contributed by atoms with Crippen LogP contribution in [0.3, 0.4) is 0 Å². The van der Waals surface area contributed by atoms with Gasteiger partial charge >= 0.3 is 0 Å². The summed E-state index contributed by atoms with van der Waals surface area (Å²) >= 11 is 0. The smallest absolute Gasteiger partial charge is 0.226 e. The van der Waals surface area contributed by atoms with Crippen molar-refractivity contribution in [2.24, 2.45) is 0 Å². The summed E-state index contributed by atoms with van der Waals surface area (Å²) in [5.41, 5.74) is 2.16. The monoisotopic (exact) mass is 397 g/mol. The summed E-state index contributed by atoms with van der Waals surface area (Å²) in [7, 11) is 4.63.